The van der Waals surface area contributed by atoms with Gasteiger partial charge in [-0.1, -0.05) is 43.4 Å². The molecule has 2 N–H and O–H groups in total. The van der Waals surface area contributed by atoms with Crippen molar-refractivity contribution in [2.45, 2.75) is 70.2 Å². The van der Waals surface area contributed by atoms with Crippen molar-refractivity contribution in [3.8, 4) is 0 Å². The molecule has 2 fully saturated rings. The standard InChI is InChI=1S/C20H30O4/c1-2-3-4-5-6-7-9-15(21)12-13-18(22)16-14-17(16)19-10-8-11-20(23)24-19/h3-4,6-7,12-13,15-19,21-22H,2,5,8-11,14H2,1H3/b4-3+,7-6+,13-12+/t15-,16-,17-,18+,19+/m0/s1. The molecule has 0 aromatic rings. The molecular formula is C20H30O4. The van der Waals surface area contributed by atoms with Crippen LogP contribution in [-0.2, 0) is 9.53 Å². The molecule has 0 amide bonds. The molecular weight excluding hydrogens is 304 g/mol. The van der Waals surface area contributed by atoms with Gasteiger partial charge in [0.2, 0.25) is 0 Å². The highest BCUT2D eigenvalue weighted by Gasteiger charge is 2.48. The number of ether oxygens (including phenoxy) is 1. The summed E-state index contributed by atoms with van der Waals surface area (Å²) in [7, 11) is 0. The molecule has 0 bridgehead atoms. The molecule has 24 heavy (non-hydrogen) atoms. The molecule has 1 saturated carbocycles. The molecule has 2 aliphatic rings. The Kier molecular flexibility index (Phi) is 7.73. The lowest BCUT2D eigenvalue weighted by Gasteiger charge is -2.22. The van der Waals surface area contributed by atoms with Crippen molar-refractivity contribution >= 4 is 5.97 Å². The van der Waals surface area contributed by atoms with Gasteiger partial charge in [0.15, 0.2) is 0 Å². The molecule has 0 aromatic heterocycles. The van der Waals surface area contributed by atoms with Crippen LogP contribution in [0.4, 0.5) is 0 Å². The van der Waals surface area contributed by atoms with Crippen LogP contribution in [0.5, 0.6) is 0 Å². The summed E-state index contributed by atoms with van der Waals surface area (Å²) in [6.45, 7) is 2.10. The van der Waals surface area contributed by atoms with Gasteiger partial charge in [0.05, 0.1) is 12.2 Å². The van der Waals surface area contributed by atoms with Crippen molar-refractivity contribution < 1.29 is 19.7 Å². The smallest absolute Gasteiger partial charge is 0.306 e. The number of aliphatic hydroxyl groups excluding tert-OH is 2. The van der Waals surface area contributed by atoms with Gasteiger partial charge in [0.1, 0.15) is 6.10 Å². The Bertz CT molecular complexity index is 480. The van der Waals surface area contributed by atoms with Crippen molar-refractivity contribution in [1.82, 2.24) is 0 Å². The van der Waals surface area contributed by atoms with Crippen LogP contribution in [-0.4, -0.2) is 34.5 Å². The zero-order valence-electron chi connectivity index (χ0n) is 14.5. The predicted molar refractivity (Wildman–Crippen MR) is 94.3 cm³/mol. The van der Waals surface area contributed by atoms with E-state index in [1.54, 1.807) is 12.2 Å². The number of aliphatic hydroxyl groups is 2. The largest absolute Gasteiger partial charge is 0.462 e. The summed E-state index contributed by atoms with van der Waals surface area (Å²) in [5.41, 5.74) is 0. The van der Waals surface area contributed by atoms with E-state index in [1.165, 1.54) is 0 Å². The number of carbonyl (C=O) groups is 1. The first-order valence-corrected chi connectivity index (χ1v) is 9.15. The lowest BCUT2D eigenvalue weighted by molar-refractivity contribution is -0.155. The van der Waals surface area contributed by atoms with Crippen LogP contribution in [0.25, 0.3) is 0 Å². The molecule has 0 aromatic carbocycles. The highest BCUT2D eigenvalue weighted by atomic mass is 16.5. The van der Waals surface area contributed by atoms with Crippen LogP contribution in [0.2, 0.25) is 0 Å². The Morgan fingerprint density at radius 3 is 2.75 bits per heavy atom. The van der Waals surface area contributed by atoms with Gasteiger partial charge in [-0.15, -0.1) is 0 Å². The zero-order valence-corrected chi connectivity index (χ0v) is 14.5. The minimum absolute atomic E-state index is 0.0247. The van der Waals surface area contributed by atoms with E-state index in [4.69, 9.17) is 4.74 Å². The van der Waals surface area contributed by atoms with Crippen molar-refractivity contribution in [3.63, 3.8) is 0 Å². The minimum Gasteiger partial charge on any atom is -0.462 e. The Balaban J connectivity index is 1.66. The molecule has 1 saturated heterocycles. The lowest BCUT2D eigenvalue weighted by atomic mass is 10.0. The normalized spacial score (nSPS) is 30.1. The van der Waals surface area contributed by atoms with Gasteiger partial charge in [-0.3, -0.25) is 4.79 Å². The molecule has 1 heterocycles. The van der Waals surface area contributed by atoms with Gasteiger partial charge in [0, 0.05) is 12.3 Å². The highest BCUT2D eigenvalue weighted by Crippen LogP contribution is 2.47. The monoisotopic (exact) mass is 334 g/mol. The van der Waals surface area contributed by atoms with Crippen LogP contribution in [0.1, 0.15) is 51.9 Å². The number of allylic oxidation sites excluding steroid dienone is 3. The van der Waals surface area contributed by atoms with Crippen LogP contribution in [0.15, 0.2) is 36.5 Å². The summed E-state index contributed by atoms with van der Waals surface area (Å²) in [5.74, 6) is 0.313. The maximum Gasteiger partial charge on any atom is 0.306 e. The van der Waals surface area contributed by atoms with E-state index < -0.39 is 12.2 Å². The van der Waals surface area contributed by atoms with E-state index in [9.17, 15) is 15.0 Å². The van der Waals surface area contributed by atoms with Crippen molar-refractivity contribution in [2.24, 2.45) is 11.8 Å². The minimum atomic E-state index is -0.573. The molecule has 4 nitrogen and oxygen atoms in total. The van der Waals surface area contributed by atoms with Gasteiger partial charge in [0.25, 0.3) is 0 Å². The Hall–Kier alpha value is -1.39. The number of esters is 1. The second-order valence-electron chi connectivity index (χ2n) is 6.75. The summed E-state index contributed by atoms with van der Waals surface area (Å²) in [6.07, 6.45) is 16.1. The van der Waals surface area contributed by atoms with E-state index in [0.717, 1.165) is 32.1 Å². The second kappa shape index (κ2) is 9.80. The molecule has 1 aliphatic carbocycles. The van der Waals surface area contributed by atoms with E-state index in [-0.39, 0.29) is 23.9 Å². The molecule has 0 unspecified atom stereocenters. The SMILES string of the molecule is CC/C=C/C/C=C/C[C@H](O)/C=C/[C@@H](O)[C@H]1C[C@@H]1[C@H]1CCCC(=O)O1. The molecule has 4 heteroatoms. The first-order chi connectivity index (χ1) is 11.6. The molecule has 1 aliphatic heterocycles. The Morgan fingerprint density at radius 2 is 2.00 bits per heavy atom. The van der Waals surface area contributed by atoms with Crippen LogP contribution >= 0.6 is 0 Å². The van der Waals surface area contributed by atoms with Gasteiger partial charge in [-0.2, -0.15) is 0 Å². The van der Waals surface area contributed by atoms with Gasteiger partial charge < -0.3 is 14.9 Å². The number of hydrogen-bond donors (Lipinski definition) is 2. The Morgan fingerprint density at radius 1 is 1.21 bits per heavy atom. The van der Waals surface area contributed by atoms with E-state index >= 15 is 0 Å². The summed E-state index contributed by atoms with van der Waals surface area (Å²) < 4.78 is 5.37. The molecule has 5 atom stereocenters. The maximum absolute atomic E-state index is 11.3. The fourth-order valence-corrected chi connectivity index (χ4v) is 3.23. The van der Waals surface area contributed by atoms with Crippen LogP contribution < -0.4 is 0 Å². The quantitative estimate of drug-likeness (QED) is 0.501. The van der Waals surface area contributed by atoms with Crippen LogP contribution in [0.3, 0.4) is 0 Å². The number of hydrogen-bond acceptors (Lipinski definition) is 4. The van der Waals surface area contributed by atoms with E-state index in [2.05, 4.69) is 19.1 Å². The summed E-state index contributed by atoms with van der Waals surface area (Å²) in [4.78, 5) is 11.3. The fraction of sp³-hybridized carbons (Fsp3) is 0.650. The fourth-order valence-electron chi connectivity index (χ4n) is 3.23. The van der Waals surface area contributed by atoms with Gasteiger partial charge in [-0.25, -0.2) is 0 Å². The zero-order chi connectivity index (χ0) is 17.4. The first kappa shape index (κ1) is 18.9. The van der Waals surface area contributed by atoms with Crippen molar-refractivity contribution in [3.05, 3.63) is 36.5 Å². The number of rotatable bonds is 9. The molecule has 0 spiro atoms. The van der Waals surface area contributed by atoms with Crippen molar-refractivity contribution in [2.75, 3.05) is 0 Å². The van der Waals surface area contributed by atoms with Crippen molar-refractivity contribution in [1.29, 1.82) is 0 Å². The highest BCUT2D eigenvalue weighted by molar-refractivity contribution is 5.70. The summed E-state index contributed by atoms with van der Waals surface area (Å²) >= 11 is 0. The van der Waals surface area contributed by atoms with Gasteiger partial charge >= 0.3 is 5.97 Å². The second-order valence-corrected chi connectivity index (χ2v) is 6.75. The number of carbonyl (C=O) groups excluding carboxylic acids is 1. The summed E-state index contributed by atoms with van der Waals surface area (Å²) in [5, 5.41) is 20.1. The number of cyclic esters (lactones) is 1. The third-order valence-corrected chi connectivity index (χ3v) is 4.71. The molecule has 2 rings (SSSR count). The van der Waals surface area contributed by atoms with E-state index in [1.807, 2.05) is 12.2 Å². The molecule has 134 valence electrons. The maximum atomic E-state index is 11.3. The predicted octanol–water partition coefficient (Wildman–Crippen LogP) is 3.30. The molecule has 0 radical (unpaired) electrons. The third kappa shape index (κ3) is 6.25. The van der Waals surface area contributed by atoms with Gasteiger partial charge in [-0.05, 0) is 44.4 Å². The average molecular weight is 334 g/mol. The average Bonchev–Trinajstić information content (AvgIpc) is 3.36. The Labute approximate surface area is 144 Å². The topological polar surface area (TPSA) is 66.8 Å². The van der Waals surface area contributed by atoms with Crippen LogP contribution in [0, 0.1) is 11.8 Å². The third-order valence-electron chi connectivity index (χ3n) is 4.71. The first-order valence-electron chi connectivity index (χ1n) is 9.15. The lowest BCUT2D eigenvalue weighted by Crippen LogP contribution is -2.27. The van der Waals surface area contributed by atoms with E-state index in [0.29, 0.717) is 12.8 Å². The summed E-state index contributed by atoms with van der Waals surface area (Å²) in [6, 6.07) is 0.